The minimum absolute atomic E-state index is 0.0619. The summed E-state index contributed by atoms with van der Waals surface area (Å²) >= 11 is 0. The molecular formula is C45H62O20. The summed E-state index contributed by atoms with van der Waals surface area (Å²) < 4.78 is 59.9. The fraction of sp³-hybridized carbons (Fsp3) is 0.800. The van der Waals surface area contributed by atoms with Crippen molar-refractivity contribution in [2.24, 2.45) is 35.0 Å². The predicted molar refractivity (Wildman–Crippen MR) is 215 cm³/mol. The van der Waals surface area contributed by atoms with Crippen molar-refractivity contribution in [2.45, 2.75) is 172 Å². The Morgan fingerprint density at radius 1 is 0.831 bits per heavy atom. The molecule has 362 valence electrons. The van der Waals surface area contributed by atoms with Crippen molar-refractivity contribution in [3.63, 3.8) is 0 Å². The van der Waals surface area contributed by atoms with Crippen molar-refractivity contribution in [3.05, 3.63) is 22.8 Å². The molecule has 0 aromatic rings. The third kappa shape index (κ3) is 8.27. The Morgan fingerprint density at radius 3 is 2.14 bits per heavy atom. The Kier molecular flexibility index (Phi) is 13.5. The molecule has 0 aromatic carbocycles. The van der Waals surface area contributed by atoms with E-state index in [0.29, 0.717) is 31.3 Å². The number of ether oxygens (including phenoxy) is 10. The summed E-state index contributed by atoms with van der Waals surface area (Å²) in [5, 5.41) is 56.3. The molecule has 4 aliphatic carbocycles. The van der Waals surface area contributed by atoms with Gasteiger partial charge in [-0.15, -0.1) is 0 Å². The Morgan fingerprint density at radius 2 is 1.48 bits per heavy atom. The Hall–Kier alpha value is -3.41. The zero-order valence-electron chi connectivity index (χ0n) is 37.6. The van der Waals surface area contributed by atoms with Crippen molar-refractivity contribution in [1.29, 1.82) is 0 Å². The largest absolute Gasteiger partial charge is 0.459 e. The summed E-state index contributed by atoms with van der Waals surface area (Å²) in [6.07, 6.45) is -14.0. The van der Waals surface area contributed by atoms with Crippen LogP contribution in [0.5, 0.6) is 0 Å². The number of carbonyl (C=O) groups excluding carboxylic acids is 5. The monoisotopic (exact) mass is 922 g/mol. The van der Waals surface area contributed by atoms with Gasteiger partial charge >= 0.3 is 23.9 Å². The predicted octanol–water partition coefficient (Wildman–Crippen LogP) is 0.0501. The molecule has 20 nitrogen and oxygen atoms in total. The maximum Gasteiger partial charge on any atom is 0.303 e. The standard InChI is InChI=1S/C45H62O20/c1-17-15-57-45(41(55)35(17)59-19(3)47)28(14-46)32-26-10-11-27-25(31(26)34(54)37(32)65-45)9-8-23-12-24(51)13-30(44(23,27)7)63-42-38(33(53)29(52)16-56-42)64-43-40(62-22(6)50)39(61-21(5)49)36(18(2)58-43)60-20(4)48/h8,17-18,24-25,27-30,32-33,35-43,46,51-53,55H,9-16H2,1-7H3. The van der Waals surface area contributed by atoms with Crippen LogP contribution in [0.2, 0.25) is 0 Å². The zero-order valence-corrected chi connectivity index (χ0v) is 37.6. The fourth-order valence-corrected chi connectivity index (χ4v) is 12.3. The molecule has 0 bridgehead atoms. The van der Waals surface area contributed by atoms with Crippen LogP contribution in [-0.2, 0) is 71.3 Å². The van der Waals surface area contributed by atoms with E-state index in [-0.39, 0.29) is 43.2 Å². The topological polar surface area (TPSA) is 279 Å². The van der Waals surface area contributed by atoms with Crippen LogP contribution in [0, 0.1) is 35.0 Å². The zero-order chi connectivity index (χ0) is 47.0. The number of hydrogen-bond donors (Lipinski definition) is 5. The lowest BCUT2D eigenvalue weighted by Gasteiger charge is -2.56. The lowest BCUT2D eigenvalue weighted by Crippen LogP contribution is -2.64. The molecule has 65 heavy (non-hydrogen) atoms. The maximum absolute atomic E-state index is 14.7. The summed E-state index contributed by atoms with van der Waals surface area (Å²) in [4.78, 5) is 63.6. The second kappa shape index (κ2) is 18.2. The van der Waals surface area contributed by atoms with Gasteiger partial charge in [-0.25, -0.2) is 0 Å². The van der Waals surface area contributed by atoms with E-state index in [2.05, 4.69) is 0 Å². The van der Waals surface area contributed by atoms with E-state index < -0.39 is 139 Å². The van der Waals surface area contributed by atoms with Crippen LogP contribution >= 0.6 is 0 Å². The number of rotatable bonds is 9. The number of fused-ring (bicyclic) bond motifs is 6. The first-order valence-electron chi connectivity index (χ1n) is 22.6. The summed E-state index contributed by atoms with van der Waals surface area (Å²) in [5.74, 6) is -7.34. The van der Waals surface area contributed by atoms with Gasteiger partial charge in [-0.1, -0.05) is 31.1 Å². The van der Waals surface area contributed by atoms with Crippen LogP contribution in [0.1, 0.15) is 80.6 Å². The lowest BCUT2D eigenvalue weighted by atomic mass is 9.51. The molecule has 21 atom stereocenters. The number of aliphatic hydroxyl groups excluding tert-OH is 5. The quantitative estimate of drug-likeness (QED) is 0.116. The third-order valence-corrected chi connectivity index (χ3v) is 15.1. The van der Waals surface area contributed by atoms with Gasteiger partial charge in [-0.05, 0) is 44.4 Å². The van der Waals surface area contributed by atoms with Gasteiger partial charge in [0.15, 0.2) is 36.7 Å². The smallest absolute Gasteiger partial charge is 0.303 e. The number of Topliss-reactive ketones (excluding diaryl/α,β-unsaturated/α-hetero) is 1. The molecule has 8 rings (SSSR count). The number of hydrogen-bond acceptors (Lipinski definition) is 20. The molecule has 20 heteroatoms. The SMILES string of the molecule is CC(=O)OC1C(C)OC(OC2C(OC3CC(O)CC4=CCC5C6=C(CCC5C43C)C3C(OC4(OCC(C)C(OC(C)=O)C4O)C3CO)C6=O)OCC(O)C2O)C(OC(C)=O)C1OC(C)=O. The Labute approximate surface area is 375 Å². The molecule has 4 heterocycles. The second-order valence-corrected chi connectivity index (χ2v) is 19.2. The molecule has 1 saturated carbocycles. The number of esters is 4. The molecule has 5 fully saturated rings. The van der Waals surface area contributed by atoms with Crippen LogP contribution in [0.4, 0.5) is 0 Å². The molecule has 0 radical (unpaired) electrons. The summed E-state index contributed by atoms with van der Waals surface area (Å²) in [5.41, 5.74) is 1.52. The highest BCUT2D eigenvalue weighted by atomic mass is 16.8. The van der Waals surface area contributed by atoms with E-state index >= 15 is 0 Å². The summed E-state index contributed by atoms with van der Waals surface area (Å²) in [7, 11) is 0. The average molecular weight is 923 g/mol. The molecule has 8 aliphatic rings. The van der Waals surface area contributed by atoms with Gasteiger partial charge in [0, 0.05) is 62.9 Å². The molecule has 0 amide bonds. The van der Waals surface area contributed by atoms with E-state index in [1.165, 1.54) is 13.8 Å². The van der Waals surface area contributed by atoms with Gasteiger partial charge in [0.1, 0.15) is 36.6 Å². The number of allylic oxidation sites excluding steroid dienone is 1. The molecule has 1 spiro atoms. The van der Waals surface area contributed by atoms with Crippen molar-refractivity contribution >= 4 is 29.7 Å². The fourth-order valence-electron chi connectivity index (χ4n) is 12.3. The summed E-state index contributed by atoms with van der Waals surface area (Å²) in [6, 6.07) is 0. The van der Waals surface area contributed by atoms with Gasteiger partial charge in [0.25, 0.3) is 0 Å². The molecule has 4 saturated heterocycles. The number of aliphatic hydroxyl groups is 5. The average Bonchev–Trinajstić information content (AvgIpc) is 3.71. The van der Waals surface area contributed by atoms with Crippen LogP contribution in [0.15, 0.2) is 22.8 Å². The van der Waals surface area contributed by atoms with Gasteiger partial charge in [-0.3, -0.25) is 24.0 Å². The first kappa shape index (κ1) is 48.1. The normalized spacial score (nSPS) is 46.9. The van der Waals surface area contributed by atoms with E-state index in [1.54, 1.807) is 6.92 Å². The van der Waals surface area contributed by atoms with Gasteiger partial charge in [-0.2, -0.15) is 0 Å². The first-order valence-corrected chi connectivity index (χ1v) is 22.6. The second-order valence-electron chi connectivity index (χ2n) is 19.2. The Bertz CT molecular complexity index is 1950. The van der Waals surface area contributed by atoms with Crippen molar-refractivity contribution in [1.82, 2.24) is 0 Å². The number of ketones is 1. The van der Waals surface area contributed by atoms with E-state index in [9.17, 15) is 49.5 Å². The maximum atomic E-state index is 14.7. The highest BCUT2D eigenvalue weighted by molar-refractivity contribution is 6.04. The van der Waals surface area contributed by atoms with Gasteiger partial charge in [0.05, 0.1) is 38.1 Å². The van der Waals surface area contributed by atoms with Crippen molar-refractivity contribution < 1.29 is 96.9 Å². The van der Waals surface area contributed by atoms with E-state index in [4.69, 9.17) is 47.4 Å². The van der Waals surface area contributed by atoms with Crippen LogP contribution in [0.25, 0.3) is 0 Å². The van der Waals surface area contributed by atoms with Crippen LogP contribution < -0.4 is 0 Å². The van der Waals surface area contributed by atoms with Crippen molar-refractivity contribution in [3.8, 4) is 0 Å². The molecular weight excluding hydrogens is 860 g/mol. The highest BCUT2D eigenvalue weighted by Crippen LogP contribution is 2.64. The molecule has 5 N–H and O–H groups in total. The van der Waals surface area contributed by atoms with Gasteiger partial charge < -0.3 is 72.9 Å². The van der Waals surface area contributed by atoms with E-state index in [1.807, 2.05) is 13.0 Å². The minimum atomic E-state index is -1.78. The highest BCUT2D eigenvalue weighted by Gasteiger charge is 2.70. The Balaban J connectivity index is 1.08. The lowest BCUT2D eigenvalue weighted by molar-refractivity contribution is -0.363. The molecule has 4 aliphatic heterocycles. The van der Waals surface area contributed by atoms with Gasteiger partial charge in [0.2, 0.25) is 5.79 Å². The third-order valence-electron chi connectivity index (χ3n) is 15.1. The number of carbonyl (C=O) groups is 5. The minimum Gasteiger partial charge on any atom is -0.459 e. The summed E-state index contributed by atoms with van der Waals surface area (Å²) in [6.45, 7) is 9.15. The first-order chi connectivity index (χ1) is 30.7. The van der Waals surface area contributed by atoms with Crippen LogP contribution in [-0.4, -0.2) is 167 Å². The molecule has 21 unspecified atom stereocenters. The van der Waals surface area contributed by atoms with Crippen LogP contribution in [0.3, 0.4) is 0 Å². The van der Waals surface area contributed by atoms with E-state index in [0.717, 1.165) is 31.9 Å². The molecule has 0 aromatic heterocycles. The van der Waals surface area contributed by atoms with Crippen molar-refractivity contribution in [2.75, 3.05) is 19.8 Å².